The van der Waals surface area contributed by atoms with Crippen LogP contribution in [0.3, 0.4) is 0 Å². The summed E-state index contributed by atoms with van der Waals surface area (Å²) in [5.74, 6) is 0.157. The van der Waals surface area contributed by atoms with Gasteiger partial charge in [0.05, 0.1) is 6.20 Å². The molecule has 0 aliphatic rings. The Hall–Kier alpha value is -1.04. The van der Waals surface area contributed by atoms with Crippen LogP contribution in [0.4, 0.5) is 0 Å². The van der Waals surface area contributed by atoms with Gasteiger partial charge in [0.25, 0.3) is 0 Å². The third-order valence-electron chi connectivity index (χ3n) is 1.66. The Balaban J connectivity index is 2.58. The van der Waals surface area contributed by atoms with E-state index in [2.05, 4.69) is 27.6 Å². The van der Waals surface area contributed by atoms with Crippen molar-refractivity contribution in [3.05, 3.63) is 44.6 Å². The number of hydrogen-bond donors (Lipinski definition) is 1. The van der Waals surface area contributed by atoms with Gasteiger partial charge in [-0.05, 0) is 28.7 Å². The molecule has 0 amide bonds. The molecule has 0 fully saturated rings. The normalized spacial score (nSPS) is 10.2. The zero-order valence-electron chi connectivity index (χ0n) is 6.58. The molecule has 13 heavy (non-hydrogen) atoms. The van der Waals surface area contributed by atoms with Gasteiger partial charge in [-0.2, -0.15) is 0 Å². The van der Waals surface area contributed by atoms with Crippen LogP contribution in [-0.2, 0) is 0 Å². The second-order valence-electron chi connectivity index (χ2n) is 2.52. The van der Waals surface area contributed by atoms with E-state index in [1.807, 2.05) is 24.3 Å². The van der Waals surface area contributed by atoms with E-state index < -0.39 is 5.76 Å². The summed E-state index contributed by atoms with van der Waals surface area (Å²) in [6, 6.07) is 7.72. The van der Waals surface area contributed by atoms with Gasteiger partial charge in [0.15, 0.2) is 5.76 Å². The van der Waals surface area contributed by atoms with Crippen LogP contribution >= 0.6 is 22.6 Å². The first-order chi connectivity index (χ1) is 6.27. The first-order valence-electron chi connectivity index (χ1n) is 3.71. The summed E-state index contributed by atoms with van der Waals surface area (Å²) >= 11 is 2.20. The minimum atomic E-state index is -0.422. The van der Waals surface area contributed by atoms with Crippen LogP contribution in [0.25, 0.3) is 11.3 Å². The van der Waals surface area contributed by atoms with Crippen LogP contribution in [0.15, 0.2) is 39.7 Å². The second kappa shape index (κ2) is 3.37. The Morgan fingerprint density at radius 3 is 2.69 bits per heavy atom. The zero-order chi connectivity index (χ0) is 9.26. The first kappa shape index (κ1) is 8.55. The summed E-state index contributed by atoms with van der Waals surface area (Å²) in [5.41, 5.74) is 0.932. The number of aromatic nitrogens is 1. The van der Waals surface area contributed by atoms with Crippen molar-refractivity contribution in [2.24, 2.45) is 0 Å². The lowest BCUT2D eigenvalue weighted by atomic mass is 10.2. The standard InChI is InChI=1S/C9H6INO2/c10-7-4-2-1-3-6(7)8-5-11-9(12)13-8/h1-5H,(H,11,12). The molecule has 1 aromatic carbocycles. The van der Waals surface area contributed by atoms with Gasteiger partial charge in [0, 0.05) is 9.13 Å². The molecule has 0 spiro atoms. The average molecular weight is 287 g/mol. The van der Waals surface area contributed by atoms with E-state index in [1.165, 1.54) is 0 Å². The van der Waals surface area contributed by atoms with E-state index in [9.17, 15) is 4.79 Å². The number of hydrogen-bond acceptors (Lipinski definition) is 2. The molecule has 1 heterocycles. The van der Waals surface area contributed by atoms with E-state index in [-0.39, 0.29) is 0 Å². The highest BCUT2D eigenvalue weighted by Gasteiger charge is 2.05. The highest BCUT2D eigenvalue weighted by atomic mass is 127. The Bertz CT molecular complexity index is 472. The SMILES string of the molecule is O=c1[nH]cc(-c2ccccc2I)o1. The van der Waals surface area contributed by atoms with Crippen molar-refractivity contribution in [3.63, 3.8) is 0 Å². The average Bonchev–Trinajstić information content (AvgIpc) is 2.53. The van der Waals surface area contributed by atoms with Crippen LogP contribution in [0, 0.1) is 3.57 Å². The maximum Gasteiger partial charge on any atom is 0.416 e. The van der Waals surface area contributed by atoms with E-state index in [0.29, 0.717) is 5.76 Å². The van der Waals surface area contributed by atoms with E-state index in [4.69, 9.17) is 4.42 Å². The largest absolute Gasteiger partial charge is 0.416 e. The van der Waals surface area contributed by atoms with Crippen molar-refractivity contribution in [2.75, 3.05) is 0 Å². The third-order valence-corrected chi connectivity index (χ3v) is 2.60. The van der Waals surface area contributed by atoms with E-state index in [1.54, 1.807) is 6.20 Å². The fourth-order valence-electron chi connectivity index (χ4n) is 1.08. The molecule has 0 aliphatic heterocycles. The molecule has 0 bridgehead atoms. The highest BCUT2D eigenvalue weighted by Crippen LogP contribution is 2.22. The lowest BCUT2D eigenvalue weighted by Crippen LogP contribution is -1.92. The zero-order valence-corrected chi connectivity index (χ0v) is 8.74. The van der Waals surface area contributed by atoms with Crippen LogP contribution in [0.2, 0.25) is 0 Å². The fourth-order valence-corrected chi connectivity index (χ4v) is 1.73. The van der Waals surface area contributed by atoms with E-state index in [0.717, 1.165) is 9.13 Å². The molecule has 66 valence electrons. The topological polar surface area (TPSA) is 46.0 Å². The molecule has 2 aromatic rings. The molecule has 1 N–H and O–H groups in total. The van der Waals surface area contributed by atoms with Gasteiger partial charge in [0.2, 0.25) is 0 Å². The quantitative estimate of drug-likeness (QED) is 0.818. The molecule has 4 heteroatoms. The van der Waals surface area contributed by atoms with Crippen LogP contribution in [0.1, 0.15) is 0 Å². The summed E-state index contributed by atoms with van der Waals surface area (Å²) < 4.78 is 5.99. The number of halogens is 1. The van der Waals surface area contributed by atoms with Crippen molar-refractivity contribution in [1.82, 2.24) is 4.98 Å². The Labute approximate surface area is 87.9 Å². The van der Waals surface area contributed by atoms with Gasteiger partial charge in [-0.25, -0.2) is 4.79 Å². The lowest BCUT2D eigenvalue weighted by Gasteiger charge is -1.97. The number of benzene rings is 1. The number of aromatic amines is 1. The minimum absolute atomic E-state index is 0.422. The van der Waals surface area contributed by atoms with Gasteiger partial charge in [-0.1, -0.05) is 18.2 Å². The lowest BCUT2D eigenvalue weighted by molar-refractivity contribution is 0.528. The maximum atomic E-state index is 10.8. The van der Waals surface area contributed by atoms with Gasteiger partial charge >= 0.3 is 5.76 Å². The summed E-state index contributed by atoms with van der Waals surface area (Å²) in [6.45, 7) is 0. The molecule has 1 aromatic heterocycles. The molecular weight excluding hydrogens is 281 g/mol. The molecule has 3 nitrogen and oxygen atoms in total. The first-order valence-corrected chi connectivity index (χ1v) is 4.78. The summed E-state index contributed by atoms with van der Waals surface area (Å²) in [4.78, 5) is 13.2. The summed E-state index contributed by atoms with van der Waals surface area (Å²) in [6.07, 6.45) is 1.57. The van der Waals surface area contributed by atoms with Gasteiger partial charge in [0.1, 0.15) is 0 Å². The fraction of sp³-hybridized carbons (Fsp3) is 0. The van der Waals surface area contributed by atoms with E-state index >= 15 is 0 Å². The Kier molecular flexibility index (Phi) is 2.22. The predicted octanol–water partition coefficient (Wildman–Crippen LogP) is 2.24. The molecular formula is C9H6INO2. The van der Waals surface area contributed by atoms with Gasteiger partial charge < -0.3 is 4.42 Å². The number of oxazole rings is 1. The maximum absolute atomic E-state index is 10.8. The number of rotatable bonds is 1. The smallest absolute Gasteiger partial charge is 0.408 e. The molecule has 2 rings (SSSR count). The minimum Gasteiger partial charge on any atom is -0.408 e. The third kappa shape index (κ3) is 1.67. The van der Waals surface area contributed by atoms with Crippen molar-refractivity contribution in [2.45, 2.75) is 0 Å². The molecule has 0 saturated heterocycles. The monoisotopic (exact) mass is 287 g/mol. The van der Waals surface area contributed by atoms with Crippen LogP contribution in [0.5, 0.6) is 0 Å². The highest BCUT2D eigenvalue weighted by molar-refractivity contribution is 14.1. The van der Waals surface area contributed by atoms with Crippen molar-refractivity contribution >= 4 is 22.6 Å². The van der Waals surface area contributed by atoms with Gasteiger partial charge in [-0.3, -0.25) is 4.98 Å². The Morgan fingerprint density at radius 2 is 2.08 bits per heavy atom. The van der Waals surface area contributed by atoms with Crippen LogP contribution < -0.4 is 5.76 Å². The summed E-state index contributed by atoms with van der Waals surface area (Å²) in [7, 11) is 0. The molecule has 0 atom stereocenters. The number of H-pyrrole nitrogens is 1. The van der Waals surface area contributed by atoms with Crippen molar-refractivity contribution in [3.8, 4) is 11.3 Å². The predicted molar refractivity (Wildman–Crippen MR) is 57.5 cm³/mol. The molecule has 0 unspecified atom stereocenters. The molecule has 0 saturated carbocycles. The van der Waals surface area contributed by atoms with Gasteiger partial charge in [-0.15, -0.1) is 0 Å². The molecule has 0 radical (unpaired) electrons. The molecule has 0 aliphatic carbocycles. The van der Waals surface area contributed by atoms with Crippen LogP contribution in [-0.4, -0.2) is 4.98 Å². The summed E-state index contributed by atoms with van der Waals surface area (Å²) in [5, 5.41) is 0. The van der Waals surface area contributed by atoms with Crippen molar-refractivity contribution < 1.29 is 4.42 Å². The Morgan fingerprint density at radius 1 is 1.31 bits per heavy atom. The second-order valence-corrected chi connectivity index (χ2v) is 3.68. The van der Waals surface area contributed by atoms with Crippen molar-refractivity contribution in [1.29, 1.82) is 0 Å². The number of nitrogens with one attached hydrogen (secondary N) is 1.